The van der Waals surface area contributed by atoms with Gasteiger partial charge >= 0.3 is 12.1 Å². The van der Waals surface area contributed by atoms with Crippen molar-refractivity contribution in [2.75, 3.05) is 0 Å². The molecule has 2 rings (SSSR count). The number of primary amides is 1. The minimum absolute atomic E-state index is 0.180. The van der Waals surface area contributed by atoms with Crippen LogP contribution in [-0.4, -0.2) is 17.7 Å². The van der Waals surface area contributed by atoms with Crippen molar-refractivity contribution in [1.82, 2.24) is 5.32 Å². The number of imide groups is 1. The first-order chi connectivity index (χ1) is 16.9. The lowest BCUT2D eigenvalue weighted by Crippen LogP contribution is -2.38. The minimum atomic E-state index is -0.938. The summed E-state index contributed by atoms with van der Waals surface area (Å²) in [6, 6.07) is 0.913. The van der Waals surface area contributed by atoms with Gasteiger partial charge in [0.05, 0.1) is 0 Å². The van der Waals surface area contributed by atoms with E-state index in [4.69, 9.17) is 15.2 Å². The topological polar surface area (TPSA) is 90.6 Å². The molecule has 1 heterocycles. The molecule has 3 N–H and O–H groups in total. The van der Waals surface area contributed by atoms with Gasteiger partial charge in [-0.1, -0.05) is 72.6 Å². The number of nitrogens with one attached hydrogen (secondary N) is 1. The Bertz CT molecular complexity index is 882. The average Bonchev–Trinajstić information content (AvgIpc) is 2.77. The first-order valence-corrected chi connectivity index (χ1v) is 14.0. The van der Waals surface area contributed by atoms with Gasteiger partial charge in [0.1, 0.15) is 17.1 Å². The number of nitrogens with two attached hydrogens (primary N) is 1. The zero-order valence-corrected chi connectivity index (χ0v) is 23.8. The van der Waals surface area contributed by atoms with Gasteiger partial charge in [-0.05, 0) is 87.0 Å². The van der Waals surface area contributed by atoms with E-state index < -0.39 is 12.1 Å². The Labute approximate surface area is 219 Å². The zero-order valence-electron chi connectivity index (χ0n) is 23.8. The maximum atomic E-state index is 11.8. The lowest BCUT2D eigenvalue weighted by atomic mass is 9.85. The van der Waals surface area contributed by atoms with Gasteiger partial charge in [-0.3, -0.25) is 0 Å². The molecule has 0 saturated carbocycles. The van der Waals surface area contributed by atoms with Gasteiger partial charge < -0.3 is 15.2 Å². The third-order valence-electron chi connectivity index (χ3n) is 7.84. The van der Waals surface area contributed by atoms with E-state index in [1.807, 2.05) is 25.2 Å². The van der Waals surface area contributed by atoms with Crippen molar-refractivity contribution in [3.8, 4) is 11.5 Å². The molecule has 3 unspecified atom stereocenters. The normalized spacial score (nSPS) is 18.8. The Hall–Kier alpha value is -2.24. The van der Waals surface area contributed by atoms with E-state index in [1.165, 1.54) is 51.4 Å². The summed E-state index contributed by atoms with van der Waals surface area (Å²) in [7, 11) is 0. The Kier molecular flexibility index (Phi) is 11.6. The smallest absolute Gasteiger partial charge is 0.420 e. The Balaban J connectivity index is 1.81. The molecule has 36 heavy (non-hydrogen) atoms. The molecule has 0 bridgehead atoms. The number of carbonyl (C=O) groups is 2. The van der Waals surface area contributed by atoms with E-state index in [9.17, 15) is 9.59 Å². The van der Waals surface area contributed by atoms with Crippen molar-refractivity contribution < 1.29 is 19.1 Å². The van der Waals surface area contributed by atoms with Crippen molar-refractivity contribution in [2.24, 2.45) is 23.5 Å². The molecule has 1 aliphatic rings. The van der Waals surface area contributed by atoms with Crippen molar-refractivity contribution in [1.29, 1.82) is 0 Å². The maximum Gasteiger partial charge on any atom is 0.420 e. The minimum Gasteiger partial charge on any atom is -0.487 e. The van der Waals surface area contributed by atoms with Crippen LogP contribution >= 0.6 is 0 Å². The third kappa shape index (κ3) is 9.67. The second-order valence-corrected chi connectivity index (χ2v) is 11.9. The van der Waals surface area contributed by atoms with Crippen molar-refractivity contribution in [3.63, 3.8) is 0 Å². The standard InChI is InChI=1S/C30H50N2O4/c1-20(2)11-8-12-21(3)13-9-14-22(4)15-10-17-30(7)18-16-25-19-26(35-29(34)32-28(31)33)23(5)24(6)27(25)36-30/h19-22H,8-18H2,1-7H3,(H3,31,32,33,34). The van der Waals surface area contributed by atoms with Gasteiger partial charge in [0, 0.05) is 0 Å². The molecule has 204 valence electrons. The molecule has 1 aromatic rings. The van der Waals surface area contributed by atoms with E-state index >= 15 is 0 Å². The van der Waals surface area contributed by atoms with Crippen LogP contribution < -0.4 is 20.5 Å². The molecule has 1 aromatic carbocycles. The largest absolute Gasteiger partial charge is 0.487 e. The summed E-state index contributed by atoms with van der Waals surface area (Å²) in [6.45, 7) is 15.5. The van der Waals surface area contributed by atoms with Crippen LogP contribution in [0.3, 0.4) is 0 Å². The lowest BCUT2D eigenvalue weighted by Gasteiger charge is -2.37. The highest BCUT2D eigenvalue weighted by Crippen LogP contribution is 2.42. The maximum absolute atomic E-state index is 11.8. The highest BCUT2D eigenvalue weighted by atomic mass is 16.6. The molecular weight excluding hydrogens is 452 g/mol. The van der Waals surface area contributed by atoms with Crippen molar-refractivity contribution >= 4 is 12.1 Å². The first-order valence-electron chi connectivity index (χ1n) is 14.0. The fraction of sp³-hybridized carbons (Fsp3) is 0.733. The van der Waals surface area contributed by atoms with Gasteiger partial charge in [-0.15, -0.1) is 0 Å². The molecule has 6 heteroatoms. The molecule has 0 saturated heterocycles. The Morgan fingerprint density at radius 3 is 2.17 bits per heavy atom. The number of amides is 3. The first kappa shape index (κ1) is 30.0. The van der Waals surface area contributed by atoms with Gasteiger partial charge in [-0.25, -0.2) is 14.9 Å². The van der Waals surface area contributed by atoms with Gasteiger partial charge in [0.15, 0.2) is 0 Å². The molecule has 1 aliphatic heterocycles. The number of carbonyl (C=O) groups excluding carboxylic acids is 2. The number of aryl methyl sites for hydroxylation is 1. The fourth-order valence-corrected chi connectivity index (χ4v) is 5.26. The van der Waals surface area contributed by atoms with E-state index in [2.05, 4.69) is 34.6 Å². The van der Waals surface area contributed by atoms with Crippen molar-refractivity contribution in [3.05, 3.63) is 22.8 Å². The molecule has 0 fully saturated rings. The molecule has 3 atom stereocenters. The molecule has 6 nitrogen and oxygen atoms in total. The second kappa shape index (κ2) is 13.9. The predicted molar refractivity (Wildman–Crippen MR) is 147 cm³/mol. The number of fused-ring (bicyclic) bond motifs is 1. The quantitative estimate of drug-likeness (QED) is 0.286. The second-order valence-electron chi connectivity index (χ2n) is 11.9. The van der Waals surface area contributed by atoms with Crippen LogP contribution in [0.2, 0.25) is 0 Å². The highest BCUT2D eigenvalue weighted by molar-refractivity contribution is 5.90. The lowest BCUT2D eigenvalue weighted by molar-refractivity contribution is 0.0514. The van der Waals surface area contributed by atoms with Gasteiger partial charge in [-0.2, -0.15) is 0 Å². The summed E-state index contributed by atoms with van der Waals surface area (Å²) in [4.78, 5) is 22.7. The van der Waals surface area contributed by atoms with Gasteiger partial charge in [0.2, 0.25) is 0 Å². The number of hydrogen-bond donors (Lipinski definition) is 2. The summed E-state index contributed by atoms with van der Waals surface area (Å²) in [6.07, 6.45) is 12.5. The van der Waals surface area contributed by atoms with Crippen LogP contribution in [0.15, 0.2) is 6.07 Å². The zero-order chi connectivity index (χ0) is 26.9. The molecule has 0 aromatic heterocycles. The summed E-state index contributed by atoms with van der Waals surface area (Å²) < 4.78 is 11.9. The summed E-state index contributed by atoms with van der Waals surface area (Å²) in [5, 5.41) is 1.94. The van der Waals surface area contributed by atoms with E-state index in [0.717, 1.165) is 59.5 Å². The van der Waals surface area contributed by atoms with Crippen LogP contribution in [0.25, 0.3) is 0 Å². The fourth-order valence-electron chi connectivity index (χ4n) is 5.26. The average molecular weight is 503 g/mol. The molecular formula is C30H50N2O4. The summed E-state index contributed by atoms with van der Waals surface area (Å²) in [5.74, 6) is 3.76. The van der Waals surface area contributed by atoms with E-state index in [0.29, 0.717) is 5.75 Å². The predicted octanol–water partition coefficient (Wildman–Crippen LogP) is 7.99. The number of benzene rings is 1. The number of rotatable bonds is 13. The van der Waals surface area contributed by atoms with Crippen molar-refractivity contribution in [2.45, 2.75) is 125 Å². The monoisotopic (exact) mass is 502 g/mol. The number of urea groups is 1. The van der Waals surface area contributed by atoms with Crippen LogP contribution in [0.4, 0.5) is 9.59 Å². The van der Waals surface area contributed by atoms with Gasteiger partial charge in [0.25, 0.3) is 0 Å². The third-order valence-corrected chi connectivity index (χ3v) is 7.84. The number of ether oxygens (including phenoxy) is 2. The molecule has 3 amide bonds. The molecule has 0 spiro atoms. The van der Waals surface area contributed by atoms with Crippen LogP contribution in [0.5, 0.6) is 11.5 Å². The Morgan fingerprint density at radius 1 is 1.00 bits per heavy atom. The summed E-state index contributed by atoms with van der Waals surface area (Å²) in [5.41, 5.74) is 7.65. The molecule has 0 aliphatic carbocycles. The SMILES string of the molecule is Cc1c(OC(=O)NC(N)=O)cc2c(c1C)OC(C)(CCCC(C)CCCC(C)CCCC(C)C)CC2. The van der Waals surface area contributed by atoms with E-state index in [-0.39, 0.29) is 5.60 Å². The highest BCUT2D eigenvalue weighted by Gasteiger charge is 2.33. The molecule has 0 radical (unpaired) electrons. The van der Waals surface area contributed by atoms with Crippen LogP contribution in [0, 0.1) is 31.6 Å². The number of hydrogen-bond acceptors (Lipinski definition) is 4. The van der Waals surface area contributed by atoms with Crippen LogP contribution in [0.1, 0.15) is 116 Å². The summed E-state index contributed by atoms with van der Waals surface area (Å²) >= 11 is 0. The van der Waals surface area contributed by atoms with Crippen LogP contribution in [-0.2, 0) is 6.42 Å². The Morgan fingerprint density at radius 2 is 1.58 bits per heavy atom. The van der Waals surface area contributed by atoms with E-state index in [1.54, 1.807) is 0 Å².